The van der Waals surface area contributed by atoms with Gasteiger partial charge in [0.05, 0.1) is 5.56 Å². The number of hydrogen-bond acceptors (Lipinski definition) is 4. The van der Waals surface area contributed by atoms with Crippen molar-refractivity contribution in [3.63, 3.8) is 0 Å². The third-order valence-electron chi connectivity index (χ3n) is 2.66. The van der Waals surface area contributed by atoms with Crippen LogP contribution in [0.3, 0.4) is 0 Å². The number of rotatable bonds is 6. The number of phenols is 1. The molecule has 4 heteroatoms. The molecule has 0 heterocycles. The predicted molar refractivity (Wildman–Crippen MR) is 73.8 cm³/mol. The normalized spacial score (nSPS) is 9.79. The number of aromatic hydroxyl groups is 1. The molecule has 0 fully saturated rings. The van der Waals surface area contributed by atoms with Gasteiger partial charge in [0.25, 0.3) is 0 Å². The van der Waals surface area contributed by atoms with Gasteiger partial charge in [-0.05, 0) is 13.8 Å². The van der Waals surface area contributed by atoms with Crippen molar-refractivity contribution < 1.29 is 19.4 Å². The first-order valence-electron chi connectivity index (χ1n) is 5.87. The van der Waals surface area contributed by atoms with E-state index in [0.29, 0.717) is 29.0 Å². The van der Waals surface area contributed by atoms with Gasteiger partial charge in [-0.25, -0.2) is 4.79 Å². The lowest BCUT2D eigenvalue weighted by molar-refractivity contribution is 0.0547. The van der Waals surface area contributed by atoms with Gasteiger partial charge >= 0.3 is 5.97 Å². The Hall–Kier alpha value is -2.23. The van der Waals surface area contributed by atoms with E-state index in [1.807, 2.05) is 0 Å². The van der Waals surface area contributed by atoms with E-state index in [9.17, 15) is 9.90 Å². The van der Waals surface area contributed by atoms with Gasteiger partial charge in [-0.2, -0.15) is 0 Å². The number of carbonyl (C=O) groups excluding carboxylic acids is 1. The highest BCUT2D eigenvalue weighted by Crippen LogP contribution is 2.32. The standard InChI is InChI=1S/C15H18O4/c1-5-7-18-13-9-12(16)10(3)14(11(13)4)15(17)19-8-6-2/h5-6,9,16H,1-2,7-8H2,3-4H3. The summed E-state index contributed by atoms with van der Waals surface area (Å²) in [6.07, 6.45) is 3.08. The van der Waals surface area contributed by atoms with E-state index in [4.69, 9.17) is 9.47 Å². The van der Waals surface area contributed by atoms with E-state index in [0.717, 1.165) is 0 Å². The number of carbonyl (C=O) groups is 1. The fourth-order valence-electron chi connectivity index (χ4n) is 1.68. The van der Waals surface area contributed by atoms with Gasteiger partial charge < -0.3 is 14.6 Å². The summed E-state index contributed by atoms with van der Waals surface area (Å²) < 4.78 is 10.4. The molecule has 1 rings (SSSR count). The van der Waals surface area contributed by atoms with Crippen molar-refractivity contribution in [2.75, 3.05) is 13.2 Å². The SMILES string of the molecule is C=CCOC(=O)c1c(C)c(O)cc(OCC=C)c1C. The van der Waals surface area contributed by atoms with Gasteiger partial charge in [0.2, 0.25) is 0 Å². The third kappa shape index (κ3) is 3.37. The molecule has 0 saturated heterocycles. The minimum Gasteiger partial charge on any atom is -0.508 e. The van der Waals surface area contributed by atoms with Crippen LogP contribution in [0.2, 0.25) is 0 Å². The second-order valence-electron chi connectivity index (χ2n) is 4.01. The number of benzene rings is 1. The smallest absolute Gasteiger partial charge is 0.339 e. The zero-order chi connectivity index (χ0) is 14.4. The summed E-state index contributed by atoms with van der Waals surface area (Å²) >= 11 is 0. The fraction of sp³-hybridized carbons (Fsp3) is 0.267. The van der Waals surface area contributed by atoms with Crippen LogP contribution in [0.15, 0.2) is 31.4 Å². The summed E-state index contributed by atoms with van der Waals surface area (Å²) in [7, 11) is 0. The molecule has 0 spiro atoms. The monoisotopic (exact) mass is 262 g/mol. The largest absolute Gasteiger partial charge is 0.508 e. The summed E-state index contributed by atoms with van der Waals surface area (Å²) in [4.78, 5) is 12.0. The van der Waals surface area contributed by atoms with Crippen LogP contribution < -0.4 is 4.74 Å². The van der Waals surface area contributed by atoms with Gasteiger partial charge in [-0.1, -0.05) is 25.3 Å². The Morgan fingerprint density at radius 3 is 2.47 bits per heavy atom. The highest BCUT2D eigenvalue weighted by Gasteiger charge is 2.20. The maximum absolute atomic E-state index is 12.0. The third-order valence-corrected chi connectivity index (χ3v) is 2.66. The molecule has 0 amide bonds. The van der Waals surface area contributed by atoms with Crippen molar-refractivity contribution >= 4 is 5.97 Å². The average Bonchev–Trinajstić information content (AvgIpc) is 2.39. The number of hydrogen-bond donors (Lipinski definition) is 1. The molecule has 1 aromatic carbocycles. The molecule has 0 unspecified atom stereocenters. The van der Waals surface area contributed by atoms with Crippen LogP contribution in [0.4, 0.5) is 0 Å². The second-order valence-corrected chi connectivity index (χ2v) is 4.01. The summed E-state index contributed by atoms with van der Waals surface area (Å²) in [5.41, 5.74) is 1.42. The summed E-state index contributed by atoms with van der Waals surface area (Å²) in [5, 5.41) is 9.85. The molecule has 0 aliphatic heterocycles. The van der Waals surface area contributed by atoms with Crippen LogP contribution in [0, 0.1) is 13.8 Å². The Morgan fingerprint density at radius 1 is 1.26 bits per heavy atom. The van der Waals surface area contributed by atoms with Crippen molar-refractivity contribution in [3.05, 3.63) is 48.1 Å². The first-order valence-corrected chi connectivity index (χ1v) is 5.87. The Morgan fingerprint density at radius 2 is 1.89 bits per heavy atom. The summed E-state index contributed by atoms with van der Waals surface area (Å²) in [6.45, 7) is 10.9. The molecule has 0 aliphatic carbocycles. The number of phenolic OH excluding ortho intramolecular Hbond substituents is 1. The minimum absolute atomic E-state index is 0.00443. The maximum Gasteiger partial charge on any atom is 0.339 e. The Kier molecular flexibility index (Phi) is 5.18. The van der Waals surface area contributed by atoms with Crippen LogP contribution in [0.25, 0.3) is 0 Å². The number of ether oxygens (including phenoxy) is 2. The van der Waals surface area contributed by atoms with Crippen LogP contribution in [0.5, 0.6) is 11.5 Å². The molecule has 4 nitrogen and oxygen atoms in total. The van der Waals surface area contributed by atoms with E-state index in [-0.39, 0.29) is 12.4 Å². The average molecular weight is 262 g/mol. The molecular formula is C15H18O4. The van der Waals surface area contributed by atoms with Gasteiger partial charge in [0, 0.05) is 17.2 Å². The van der Waals surface area contributed by atoms with Crippen molar-refractivity contribution in [1.29, 1.82) is 0 Å². The molecule has 0 saturated carbocycles. The van der Waals surface area contributed by atoms with Gasteiger partial charge in [0.1, 0.15) is 24.7 Å². The number of esters is 1. The molecule has 19 heavy (non-hydrogen) atoms. The van der Waals surface area contributed by atoms with E-state index >= 15 is 0 Å². The van der Waals surface area contributed by atoms with Crippen LogP contribution >= 0.6 is 0 Å². The first kappa shape index (κ1) is 14.8. The van der Waals surface area contributed by atoms with Crippen molar-refractivity contribution in [2.24, 2.45) is 0 Å². The van der Waals surface area contributed by atoms with E-state index in [2.05, 4.69) is 13.2 Å². The first-order chi connectivity index (χ1) is 9.02. The lowest BCUT2D eigenvalue weighted by atomic mass is 10.0. The molecule has 0 aliphatic rings. The minimum atomic E-state index is -0.505. The van der Waals surface area contributed by atoms with E-state index in [1.54, 1.807) is 19.9 Å². The van der Waals surface area contributed by atoms with E-state index < -0.39 is 5.97 Å². The zero-order valence-corrected chi connectivity index (χ0v) is 11.2. The molecule has 102 valence electrons. The Bertz CT molecular complexity index is 503. The molecule has 0 radical (unpaired) electrons. The van der Waals surface area contributed by atoms with Crippen LogP contribution in [0.1, 0.15) is 21.5 Å². The van der Waals surface area contributed by atoms with Gasteiger partial charge in [0.15, 0.2) is 0 Å². The van der Waals surface area contributed by atoms with Crippen molar-refractivity contribution in [2.45, 2.75) is 13.8 Å². The van der Waals surface area contributed by atoms with Crippen molar-refractivity contribution in [3.8, 4) is 11.5 Å². The van der Waals surface area contributed by atoms with Crippen LogP contribution in [-0.2, 0) is 4.74 Å². The predicted octanol–water partition coefficient (Wildman–Crippen LogP) is 2.92. The van der Waals surface area contributed by atoms with E-state index in [1.165, 1.54) is 12.1 Å². The van der Waals surface area contributed by atoms with Gasteiger partial charge in [-0.15, -0.1) is 0 Å². The highest BCUT2D eigenvalue weighted by molar-refractivity contribution is 5.94. The fourth-order valence-corrected chi connectivity index (χ4v) is 1.68. The summed E-state index contributed by atoms with van der Waals surface area (Å²) in [6, 6.07) is 1.48. The highest BCUT2D eigenvalue weighted by atomic mass is 16.5. The topological polar surface area (TPSA) is 55.8 Å². The maximum atomic E-state index is 12.0. The van der Waals surface area contributed by atoms with Crippen molar-refractivity contribution in [1.82, 2.24) is 0 Å². The van der Waals surface area contributed by atoms with Crippen LogP contribution in [-0.4, -0.2) is 24.3 Å². The molecule has 0 aromatic heterocycles. The molecule has 0 atom stereocenters. The van der Waals surface area contributed by atoms with Gasteiger partial charge in [-0.3, -0.25) is 0 Å². The lowest BCUT2D eigenvalue weighted by Crippen LogP contribution is -2.11. The summed E-state index contributed by atoms with van der Waals surface area (Å²) in [5.74, 6) is -0.0713. The second kappa shape index (κ2) is 6.64. The molecule has 0 bridgehead atoms. The quantitative estimate of drug-likeness (QED) is 0.632. The molecule has 1 N–H and O–H groups in total. The molecule has 1 aromatic rings. The lowest BCUT2D eigenvalue weighted by Gasteiger charge is -2.15. The molecular weight excluding hydrogens is 244 g/mol. The Labute approximate surface area is 113 Å². The zero-order valence-electron chi connectivity index (χ0n) is 11.2. The Balaban J connectivity index is 3.20.